The molecule has 1 saturated carbocycles. The van der Waals surface area contributed by atoms with Crippen LogP contribution in [0, 0.1) is 30.5 Å². The summed E-state index contributed by atoms with van der Waals surface area (Å²) in [6.45, 7) is 10.7. The van der Waals surface area contributed by atoms with Crippen molar-refractivity contribution < 1.29 is 33.5 Å². The number of aromatic amines is 1. The van der Waals surface area contributed by atoms with Crippen LogP contribution in [-0.4, -0.2) is 102 Å². The second-order valence-corrected chi connectivity index (χ2v) is 17.5. The van der Waals surface area contributed by atoms with Gasteiger partial charge in [-0.2, -0.15) is 0 Å². The molecular weight excluding hydrogens is 788 g/mol. The summed E-state index contributed by atoms with van der Waals surface area (Å²) in [5.74, 6) is -0.662. The average Bonchev–Trinajstić information content (AvgIpc) is 3.92. The minimum Gasteiger partial charge on any atom is -0.504 e. The van der Waals surface area contributed by atoms with Gasteiger partial charge in [-0.25, -0.2) is 9.37 Å². The van der Waals surface area contributed by atoms with Gasteiger partial charge in [0, 0.05) is 61.2 Å². The molecule has 0 spiro atoms. The molecule has 1 aliphatic carbocycles. The summed E-state index contributed by atoms with van der Waals surface area (Å²) in [5, 5.41) is 37.4. The molecule has 16 heteroatoms. The van der Waals surface area contributed by atoms with E-state index in [9.17, 15) is 24.2 Å². The fourth-order valence-electron chi connectivity index (χ4n) is 9.13. The standard InChI is InChI=1S/C44H47FN8O6S/c1-22(2)38(44(57)53-18-28(54)16-35(53)43(56)47-23(3)25-8-10-26(11-9-25)41-24(4)46-21-60-41)36-17-37(51-59-36)58-13-12-52-19-30-31(20-52)39(30)34-15-27-14-33(49-50-42(27)48-34)29-6-5-7-32(45)40(29)55/h5-11,14-15,17,21-23,28,30-31,35,38-39,54-55H,12-13,16,18-20H2,1-4H3,(H,47,56)(H,48,50)/t23-,28+,30-,31+,35-,38+,39+/m0/s1. The van der Waals surface area contributed by atoms with Gasteiger partial charge >= 0.3 is 0 Å². The molecule has 2 saturated heterocycles. The van der Waals surface area contributed by atoms with Gasteiger partial charge in [0.15, 0.2) is 23.0 Å². The lowest BCUT2D eigenvalue weighted by atomic mass is 9.91. The first-order valence-corrected chi connectivity index (χ1v) is 21.3. The Hall–Kier alpha value is -5.71. The maximum absolute atomic E-state index is 14.2. The van der Waals surface area contributed by atoms with Crippen molar-refractivity contribution in [2.45, 2.75) is 64.1 Å². The molecule has 9 rings (SSSR count). The molecule has 3 aliphatic rings. The van der Waals surface area contributed by atoms with Crippen molar-refractivity contribution in [3.63, 3.8) is 0 Å². The number of hydrogen-bond donors (Lipinski definition) is 4. The number of β-amino-alcohol motifs (C(OH)–C–C–N with tert-alkyl or cyclic N) is 1. The number of para-hydroxylation sites is 1. The van der Waals surface area contributed by atoms with E-state index in [-0.39, 0.29) is 42.6 Å². The van der Waals surface area contributed by atoms with Crippen molar-refractivity contribution in [1.29, 1.82) is 0 Å². The van der Waals surface area contributed by atoms with E-state index in [0.717, 1.165) is 45.9 Å². The minimum absolute atomic E-state index is 0.0465. The van der Waals surface area contributed by atoms with Gasteiger partial charge in [-0.3, -0.25) is 14.5 Å². The summed E-state index contributed by atoms with van der Waals surface area (Å²) in [6.07, 6.45) is -0.686. The largest absolute Gasteiger partial charge is 0.504 e. The normalized spacial score (nSPS) is 22.3. The highest BCUT2D eigenvalue weighted by atomic mass is 32.1. The zero-order valence-electron chi connectivity index (χ0n) is 33.7. The Morgan fingerprint density at radius 2 is 1.85 bits per heavy atom. The van der Waals surface area contributed by atoms with Gasteiger partial charge in [-0.15, -0.1) is 21.5 Å². The molecule has 60 heavy (non-hydrogen) atoms. The maximum Gasteiger partial charge on any atom is 0.254 e. The Kier molecular flexibility index (Phi) is 10.6. The number of phenolic OH excluding ortho intramolecular Hbond substituents is 1. The number of carbonyl (C=O) groups excluding carboxylic acids is 2. The van der Waals surface area contributed by atoms with Crippen LogP contribution in [0.5, 0.6) is 11.6 Å². The number of fused-ring (bicyclic) bond motifs is 2. The molecule has 312 valence electrons. The van der Waals surface area contributed by atoms with E-state index in [1.54, 1.807) is 23.5 Å². The van der Waals surface area contributed by atoms with Gasteiger partial charge in [0.05, 0.1) is 33.9 Å². The van der Waals surface area contributed by atoms with Crippen molar-refractivity contribution in [1.82, 2.24) is 40.4 Å². The molecule has 6 heterocycles. The number of aryl methyl sites for hydroxylation is 1. The van der Waals surface area contributed by atoms with Crippen LogP contribution >= 0.6 is 11.3 Å². The number of carbonyl (C=O) groups is 2. The van der Waals surface area contributed by atoms with Gasteiger partial charge in [0.2, 0.25) is 11.8 Å². The van der Waals surface area contributed by atoms with Crippen LogP contribution in [0.25, 0.3) is 32.7 Å². The first-order chi connectivity index (χ1) is 28.9. The van der Waals surface area contributed by atoms with Crippen LogP contribution in [0.15, 0.2) is 70.7 Å². The van der Waals surface area contributed by atoms with E-state index in [2.05, 4.69) is 41.6 Å². The highest BCUT2D eigenvalue weighted by molar-refractivity contribution is 7.13. The Labute approximate surface area is 349 Å². The Morgan fingerprint density at radius 3 is 2.58 bits per heavy atom. The van der Waals surface area contributed by atoms with Crippen LogP contribution in [-0.2, 0) is 9.59 Å². The molecular formula is C44H47FN8O6S. The maximum atomic E-state index is 14.2. The number of halogens is 1. The fraction of sp³-hybridized carbons (Fsp3) is 0.409. The molecule has 0 bridgehead atoms. The van der Waals surface area contributed by atoms with Gasteiger partial charge < -0.3 is 34.7 Å². The minimum atomic E-state index is -0.833. The number of amides is 2. The Bertz CT molecular complexity index is 2530. The summed E-state index contributed by atoms with van der Waals surface area (Å²) in [7, 11) is 0. The van der Waals surface area contributed by atoms with E-state index in [4.69, 9.17) is 9.26 Å². The molecule has 6 aromatic rings. The van der Waals surface area contributed by atoms with Crippen molar-refractivity contribution in [3.8, 4) is 33.3 Å². The van der Waals surface area contributed by atoms with Crippen molar-refractivity contribution in [2.75, 3.05) is 32.8 Å². The van der Waals surface area contributed by atoms with Crippen LogP contribution in [0.1, 0.15) is 67.8 Å². The van der Waals surface area contributed by atoms with Crippen LogP contribution in [0.3, 0.4) is 0 Å². The third-order valence-corrected chi connectivity index (χ3v) is 13.3. The molecule has 2 amide bonds. The van der Waals surface area contributed by atoms with Crippen LogP contribution in [0.4, 0.5) is 4.39 Å². The molecule has 0 radical (unpaired) electrons. The SMILES string of the molecule is Cc1ncsc1-c1ccc([C@H](C)NC(=O)[C@@H]2C[C@@H](O)CN2C(=O)[C@@H](c2cc(OCCN3C[C@@H]4[C@H](C3)[C@H]4c3cc4cc(-c5cccc(F)c5O)nnc4[nH]3)no2)C(C)C)cc1. The van der Waals surface area contributed by atoms with Crippen molar-refractivity contribution >= 4 is 34.2 Å². The van der Waals surface area contributed by atoms with Crippen molar-refractivity contribution in [3.05, 3.63) is 94.7 Å². The number of aromatic hydroxyl groups is 1. The van der Waals surface area contributed by atoms with Gasteiger partial charge in [-0.1, -0.05) is 44.2 Å². The highest BCUT2D eigenvalue weighted by Crippen LogP contribution is 2.58. The van der Waals surface area contributed by atoms with Gasteiger partial charge in [-0.05, 0) is 72.2 Å². The van der Waals surface area contributed by atoms with E-state index in [0.29, 0.717) is 53.6 Å². The predicted octanol–water partition coefficient (Wildman–Crippen LogP) is 6.19. The lowest BCUT2D eigenvalue weighted by Gasteiger charge is -2.29. The zero-order valence-corrected chi connectivity index (χ0v) is 34.5. The summed E-state index contributed by atoms with van der Waals surface area (Å²) in [4.78, 5) is 40.5. The number of aliphatic hydroxyl groups is 1. The number of likely N-dealkylation sites (tertiary alicyclic amines) is 2. The third kappa shape index (κ3) is 7.63. The number of phenols is 1. The summed E-state index contributed by atoms with van der Waals surface area (Å²) in [6, 6.07) is 16.8. The second-order valence-electron chi connectivity index (χ2n) is 16.7. The highest BCUT2D eigenvalue weighted by Gasteiger charge is 2.56. The smallest absolute Gasteiger partial charge is 0.254 e. The van der Waals surface area contributed by atoms with Crippen LogP contribution in [0.2, 0.25) is 0 Å². The lowest BCUT2D eigenvalue weighted by Crippen LogP contribution is -2.48. The van der Waals surface area contributed by atoms with Crippen molar-refractivity contribution in [2.24, 2.45) is 17.8 Å². The average molecular weight is 835 g/mol. The zero-order chi connectivity index (χ0) is 41.8. The molecule has 2 aliphatic heterocycles. The monoisotopic (exact) mass is 834 g/mol. The molecule has 0 unspecified atom stereocenters. The molecule has 2 aromatic carbocycles. The van der Waals surface area contributed by atoms with Crippen LogP contribution < -0.4 is 10.1 Å². The molecule has 4 N–H and O–H groups in total. The second kappa shape index (κ2) is 16.0. The number of aliphatic hydroxyl groups excluding tert-OH is 1. The number of nitrogens with zero attached hydrogens (tertiary/aromatic N) is 6. The molecule has 3 fully saturated rings. The third-order valence-electron chi connectivity index (χ3n) is 12.3. The first kappa shape index (κ1) is 39.7. The molecule has 7 atom stereocenters. The lowest BCUT2D eigenvalue weighted by molar-refractivity contribution is -0.141. The number of nitrogens with one attached hydrogen (secondary N) is 2. The Balaban J connectivity index is 0.772. The summed E-state index contributed by atoms with van der Waals surface area (Å²) in [5.41, 5.74) is 7.25. The molecule has 14 nitrogen and oxygen atoms in total. The fourth-order valence-corrected chi connectivity index (χ4v) is 9.94. The summed E-state index contributed by atoms with van der Waals surface area (Å²) < 4.78 is 25.6. The van der Waals surface area contributed by atoms with Gasteiger partial charge in [0.1, 0.15) is 18.6 Å². The summed E-state index contributed by atoms with van der Waals surface area (Å²) >= 11 is 1.59. The van der Waals surface area contributed by atoms with E-state index >= 15 is 0 Å². The number of rotatable bonds is 13. The number of benzene rings is 2. The number of aromatic nitrogens is 5. The van der Waals surface area contributed by atoms with Gasteiger partial charge in [0.25, 0.3) is 5.88 Å². The number of piperidine rings is 1. The number of thiazole rings is 1. The number of hydrogen-bond acceptors (Lipinski definition) is 12. The number of ether oxygens (including phenoxy) is 1. The van der Waals surface area contributed by atoms with E-state index in [1.165, 1.54) is 17.0 Å². The predicted molar refractivity (Wildman–Crippen MR) is 222 cm³/mol. The quantitative estimate of drug-likeness (QED) is 0.104. The number of H-pyrrole nitrogens is 1. The van der Waals surface area contributed by atoms with E-state index < -0.39 is 29.6 Å². The Morgan fingerprint density at radius 1 is 1.07 bits per heavy atom. The van der Waals surface area contributed by atoms with E-state index in [1.807, 2.05) is 63.5 Å². The first-order valence-electron chi connectivity index (χ1n) is 20.4. The topological polar surface area (TPSA) is 183 Å². The molecule has 4 aromatic heterocycles.